The summed E-state index contributed by atoms with van der Waals surface area (Å²) < 4.78 is 19.4. The van der Waals surface area contributed by atoms with Crippen molar-refractivity contribution >= 4 is 15.9 Å². The SMILES string of the molecule is CC(C)c1cccc(Oc2ccc(CBr)cc2F)c1. The van der Waals surface area contributed by atoms with Crippen molar-refractivity contribution in [2.75, 3.05) is 0 Å². The van der Waals surface area contributed by atoms with Gasteiger partial charge in [0.2, 0.25) is 0 Å². The van der Waals surface area contributed by atoms with Gasteiger partial charge >= 0.3 is 0 Å². The predicted molar refractivity (Wildman–Crippen MR) is 79.6 cm³/mol. The Labute approximate surface area is 121 Å². The second-order valence-electron chi connectivity index (χ2n) is 4.73. The fourth-order valence-electron chi connectivity index (χ4n) is 1.77. The van der Waals surface area contributed by atoms with Gasteiger partial charge < -0.3 is 4.74 Å². The molecule has 100 valence electrons. The molecule has 1 nitrogen and oxygen atoms in total. The first-order valence-corrected chi connectivity index (χ1v) is 7.34. The van der Waals surface area contributed by atoms with Crippen molar-refractivity contribution in [3.05, 3.63) is 59.4 Å². The molecule has 0 saturated heterocycles. The number of benzene rings is 2. The lowest BCUT2D eigenvalue weighted by molar-refractivity contribution is 0.441. The third-order valence-corrected chi connectivity index (χ3v) is 3.55. The molecule has 0 aliphatic rings. The molecule has 19 heavy (non-hydrogen) atoms. The second kappa shape index (κ2) is 6.20. The van der Waals surface area contributed by atoms with E-state index in [2.05, 4.69) is 29.8 Å². The molecule has 0 atom stereocenters. The van der Waals surface area contributed by atoms with Crippen LogP contribution in [0, 0.1) is 5.82 Å². The van der Waals surface area contributed by atoms with Gasteiger partial charge in [0, 0.05) is 5.33 Å². The van der Waals surface area contributed by atoms with E-state index < -0.39 is 0 Å². The average molecular weight is 323 g/mol. The molecule has 0 aliphatic carbocycles. The topological polar surface area (TPSA) is 9.23 Å². The van der Waals surface area contributed by atoms with Crippen LogP contribution < -0.4 is 4.74 Å². The van der Waals surface area contributed by atoms with E-state index in [0.717, 1.165) is 5.56 Å². The summed E-state index contributed by atoms with van der Waals surface area (Å²) in [5, 5.41) is 0.632. The maximum absolute atomic E-state index is 13.8. The highest BCUT2D eigenvalue weighted by molar-refractivity contribution is 9.08. The van der Waals surface area contributed by atoms with Crippen LogP contribution in [0.1, 0.15) is 30.9 Å². The largest absolute Gasteiger partial charge is 0.454 e. The van der Waals surface area contributed by atoms with Crippen molar-refractivity contribution in [2.45, 2.75) is 25.1 Å². The summed E-state index contributed by atoms with van der Waals surface area (Å²) >= 11 is 3.30. The van der Waals surface area contributed by atoms with E-state index in [9.17, 15) is 4.39 Å². The molecular formula is C16H16BrFO. The van der Waals surface area contributed by atoms with Gasteiger partial charge in [-0.25, -0.2) is 4.39 Å². The first-order chi connectivity index (χ1) is 9.10. The summed E-state index contributed by atoms with van der Waals surface area (Å²) in [6.07, 6.45) is 0. The van der Waals surface area contributed by atoms with Crippen molar-refractivity contribution in [3.8, 4) is 11.5 Å². The van der Waals surface area contributed by atoms with Crippen LogP contribution in [-0.4, -0.2) is 0 Å². The maximum atomic E-state index is 13.8. The van der Waals surface area contributed by atoms with Crippen LogP contribution >= 0.6 is 15.9 Å². The molecule has 0 fully saturated rings. The monoisotopic (exact) mass is 322 g/mol. The minimum atomic E-state index is -0.341. The summed E-state index contributed by atoms with van der Waals surface area (Å²) in [7, 11) is 0. The first kappa shape index (κ1) is 14.1. The highest BCUT2D eigenvalue weighted by Gasteiger charge is 2.07. The fourth-order valence-corrected chi connectivity index (χ4v) is 2.12. The van der Waals surface area contributed by atoms with Crippen molar-refractivity contribution < 1.29 is 9.13 Å². The zero-order chi connectivity index (χ0) is 13.8. The van der Waals surface area contributed by atoms with Crippen molar-refractivity contribution in [1.29, 1.82) is 0 Å². The van der Waals surface area contributed by atoms with E-state index >= 15 is 0 Å². The molecule has 0 unspecified atom stereocenters. The zero-order valence-electron chi connectivity index (χ0n) is 11.0. The lowest BCUT2D eigenvalue weighted by Crippen LogP contribution is -1.92. The zero-order valence-corrected chi connectivity index (χ0v) is 12.6. The smallest absolute Gasteiger partial charge is 0.166 e. The Morgan fingerprint density at radius 1 is 1.16 bits per heavy atom. The van der Waals surface area contributed by atoms with Gasteiger partial charge in [-0.3, -0.25) is 0 Å². The lowest BCUT2D eigenvalue weighted by atomic mass is 10.0. The Balaban J connectivity index is 2.23. The minimum absolute atomic E-state index is 0.255. The van der Waals surface area contributed by atoms with Gasteiger partial charge in [-0.05, 0) is 41.3 Å². The van der Waals surface area contributed by atoms with Crippen LogP contribution in [0.5, 0.6) is 11.5 Å². The normalized spacial score (nSPS) is 10.8. The van der Waals surface area contributed by atoms with Gasteiger partial charge in [0.05, 0.1) is 0 Å². The number of rotatable bonds is 4. The molecule has 0 heterocycles. The average Bonchev–Trinajstić information content (AvgIpc) is 2.41. The molecule has 0 aromatic heterocycles. The van der Waals surface area contributed by atoms with E-state index in [1.54, 1.807) is 6.07 Å². The molecule has 2 aromatic carbocycles. The van der Waals surface area contributed by atoms with Crippen molar-refractivity contribution in [2.24, 2.45) is 0 Å². The van der Waals surface area contributed by atoms with Crippen molar-refractivity contribution in [3.63, 3.8) is 0 Å². The van der Waals surface area contributed by atoms with E-state index in [0.29, 0.717) is 17.0 Å². The van der Waals surface area contributed by atoms with Gasteiger partial charge in [0.1, 0.15) is 5.75 Å². The summed E-state index contributed by atoms with van der Waals surface area (Å²) in [5.41, 5.74) is 2.07. The number of hydrogen-bond donors (Lipinski definition) is 0. The molecule has 3 heteroatoms. The molecular weight excluding hydrogens is 307 g/mol. The quantitative estimate of drug-likeness (QED) is 0.662. The van der Waals surface area contributed by atoms with Gasteiger partial charge in [0.25, 0.3) is 0 Å². The highest BCUT2D eigenvalue weighted by Crippen LogP contribution is 2.28. The lowest BCUT2D eigenvalue weighted by Gasteiger charge is -2.10. The van der Waals surface area contributed by atoms with Crippen molar-refractivity contribution in [1.82, 2.24) is 0 Å². The Hall–Kier alpha value is -1.35. The van der Waals surface area contributed by atoms with Gasteiger partial charge in [-0.15, -0.1) is 0 Å². The molecule has 0 spiro atoms. The molecule has 0 amide bonds. The third-order valence-electron chi connectivity index (χ3n) is 2.90. The summed E-state index contributed by atoms with van der Waals surface area (Å²) in [5.74, 6) is 0.998. The number of alkyl halides is 1. The molecule has 0 aliphatic heterocycles. The van der Waals surface area contributed by atoms with Crippen LogP contribution in [-0.2, 0) is 5.33 Å². The molecule has 0 saturated carbocycles. The Bertz CT molecular complexity index is 566. The first-order valence-electron chi connectivity index (χ1n) is 6.22. The van der Waals surface area contributed by atoms with E-state index in [4.69, 9.17) is 4.74 Å². The standard InChI is InChI=1S/C16H16BrFO/c1-11(2)13-4-3-5-14(9-13)19-16-7-6-12(10-17)8-15(16)18/h3-9,11H,10H2,1-2H3. The Morgan fingerprint density at radius 2 is 1.95 bits per heavy atom. The third kappa shape index (κ3) is 3.57. The molecule has 2 aromatic rings. The van der Waals surface area contributed by atoms with Crippen LogP contribution in [0.15, 0.2) is 42.5 Å². The van der Waals surface area contributed by atoms with Gasteiger partial charge in [0.15, 0.2) is 11.6 Å². The number of ether oxygens (including phenoxy) is 1. The van der Waals surface area contributed by atoms with Crippen LogP contribution in [0.4, 0.5) is 4.39 Å². The fraction of sp³-hybridized carbons (Fsp3) is 0.250. The molecule has 0 bridgehead atoms. The summed E-state index contributed by atoms with van der Waals surface area (Å²) in [6, 6.07) is 12.7. The van der Waals surface area contributed by atoms with E-state index in [-0.39, 0.29) is 11.6 Å². The molecule has 2 rings (SSSR count). The Morgan fingerprint density at radius 3 is 2.58 bits per heavy atom. The number of halogens is 2. The van der Waals surface area contributed by atoms with Gasteiger partial charge in [-0.1, -0.05) is 48.0 Å². The van der Waals surface area contributed by atoms with Crippen LogP contribution in [0.2, 0.25) is 0 Å². The molecule has 0 radical (unpaired) electrons. The summed E-state index contributed by atoms with van der Waals surface area (Å²) in [4.78, 5) is 0. The van der Waals surface area contributed by atoms with Crippen LogP contribution in [0.25, 0.3) is 0 Å². The van der Waals surface area contributed by atoms with Gasteiger partial charge in [-0.2, -0.15) is 0 Å². The molecule has 0 N–H and O–H groups in total. The maximum Gasteiger partial charge on any atom is 0.166 e. The van der Waals surface area contributed by atoms with E-state index in [1.165, 1.54) is 11.6 Å². The predicted octanol–water partition coefficient (Wildman–Crippen LogP) is 5.64. The summed E-state index contributed by atoms with van der Waals surface area (Å²) in [6.45, 7) is 4.23. The Kier molecular flexibility index (Phi) is 4.59. The minimum Gasteiger partial charge on any atom is -0.454 e. The van der Waals surface area contributed by atoms with E-state index in [1.807, 2.05) is 30.3 Å². The van der Waals surface area contributed by atoms with Crippen LogP contribution in [0.3, 0.4) is 0 Å². The second-order valence-corrected chi connectivity index (χ2v) is 5.29. The number of hydrogen-bond acceptors (Lipinski definition) is 1. The highest BCUT2D eigenvalue weighted by atomic mass is 79.9.